The Morgan fingerprint density at radius 1 is 1.24 bits per heavy atom. The van der Waals surface area contributed by atoms with E-state index in [0.29, 0.717) is 5.69 Å². The molecule has 21 heavy (non-hydrogen) atoms. The standard InChI is InChI=1S/C15H11FN2O2S/c1-18-12-6-5-11(8-13(12)21-15(18)20)17-14(19)9-3-2-4-10(16)7-9/h2-8H,1H3,(H,17,19). The molecule has 1 N–H and O–H groups in total. The van der Waals surface area contributed by atoms with Crippen LogP contribution in [0.25, 0.3) is 10.2 Å². The molecule has 0 atom stereocenters. The molecule has 0 saturated carbocycles. The number of hydrogen-bond donors (Lipinski definition) is 1. The second-order valence-corrected chi connectivity index (χ2v) is 5.57. The van der Waals surface area contributed by atoms with E-state index in [0.717, 1.165) is 21.6 Å². The van der Waals surface area contributed by atoms with Crippen LogP contribution in [0.2, 0.25) is 0 Å². The van der Waals surface area contributed by atoms with Crippen molar-refractivity contribution in [2.24, 2.45) is 7.05 Å². The van der Waals surface area contributed by atoms with E-state index in [1.165, 1.54) is 24.3 Å². The smallest absolute Gasteiger partial charge is 0.307 e. The number of benzene rings is 2. The number of rotatable bonds is 2. The van der Waals surface area contributed by atoms with Crippen LogP contribution < -0.4 is 10.2 Å². The first-order valence-electron chi connectivity index (χ1n) is 6.21. The maximum absolute atomic E-state index is 13.1. The predicted octanol–water partition coefficient (Wildman–Crippen LogP) is 2.99. The van der Waals surface area contributed by atoms with Crippen molar-refractivity contribution >= 4 is 33.1 Å². The Bertz CT molecular complexity index is 898. The van der Waals surface area contributed by atoms with E-state index in [2.05, 4.69) is 5.32 Å². The number of carbonyl (C=O) groups excluding carboxylic acids is 1. The van der Waals surface area contributed by atoms with Crippen LogP contribution in [0, 0.1) is 5.82 Å². The van der Waals surface area contributed by atoms with E-state index in [1.54, 1.807) is 29.8 Å². The summed E-state index contributed by atoms with van der Waals surface area (Å²) >= 11 is 1.11. The second kappa shape index (κ2) is 5.14. The van der Waals surface area contributed by atoms with Crippen molar-refractivity contribution < 1.29 is 9.18 Å². The highest BCUT2D eigenvalue weighted by atomic mass is 32.1. The Morgan fingerprint density at radius 3 is 2.81 bits per heavy atom. The van der Waals surface area contributed by atoms with Gasteiger partial charge in [0.1, 0.15) is 5.82 Å². The number of carbonyl (C=O) groups is 1. The lowest BCUT2D eigenvalue weighted by molar-refractivity contribution is 0.102. The minimum absolute atomic E-state index is 0.0568. The van der Waals surface area contributed by atoms with Gasteiger partial charge >= 0.3 is 4.87 Å². The number of thiazole rings is 1. The first kappa shape index (κ1) is 13.5. The molecule has 106 valence electrons. The van der Waals surface area contributed by atoms with Crippen molar-refractivity contribution in [2.75, 3.05) is 5.32 Å². The van der Waals surface area contributed by atoms with Crippen molar-refractivity contribution in [3.05, 3.63) is 63.5 Å². The summed E-state index contributed by atoms with van der Waals surface area (Å²) in [5, 5.41) is 2.70. The van der Waals surface area contributed by atoms with Crippen LogP contribution in [-0.2, 0) is 7.05 Å². The zero-order valence-electron chi connectivity index (χ0n) is 11.1. The summed E-state index contributed by atoms with van der Waals surface area (Å²) in [4.78, 5) is 23.6. The van der Waals surface area contributed by atoms with Gasteiger partial charge in [0, 0.05) is 18.3 Å². The Kier molecular flexibility index (Phi) is 3.31. The lowest BCUT2D eigenvalue weighted by Crippen LogP contribution is -2.12. The number of halogens is 1. The maximum Gasteiger partial charge on any atom is 0.307 e. The molecule has 0 aliphatic rings. The molecule has 3 aromatic rings. The van der Waals surface area contributed by atoms with E-state index < -0.39 is 11.7 Å². The molecule has 1 heterocycles. The molecule has 1 aromatic heterocycles. The van der Waals surface area contributed by atoms with Crippen LogP contribution in [0.15, 0.2) is 47.3 Å². The van der Waals surface area contributed by atoms with E-state index >= 15 is 0 Å². The fourth-order valence-corrected chi connectivity index (χ4v) is 2.96. The number of anilines is 1. The normalized spacial score (nSPS) is 10.8. The maximum atomic E-state index is 13.1. The van der Waals surface area contributed by atoms with Gasteiger partial charge < -0.3 is 9.88 Å². The number of nitrogens with zero attached hydrogens (tertiary/aromatic N) is 1. The molecule has 0 aliphatic carbocycles. The lowest BCUT2D eigenvalue weighted by Gasteiger charge is -2.05. The van der Waals surface area contributed by atoms with Gasteiger partial charge in [0.25, 0.3) is 5.91 Å². The minimum Gasteiger partial charge on any atom is -0.322 e. The quantitative estimate of drug-likeness (QED) is 0.791. The first-order valence-corrected chi connectivity index (χ1v) is 7.03. The number of hydrogen-bond acceptors (Lipinski definition) is 3. The Balaban J connectivity index is 1.91. The number of fused-ring (bicyclic) bond motifs is 1. The van der Waals surface area contributed by atoms with Crippen LogP contribution >= 0.6 is 11.3 Å². The van der Waals surface area contributed by atoms with E-state index in [-0.39, 0.29) is 10.4 Å². The zero-order valence-corrected chi connectivity index (χ0v) is 11.9. The monoisotopic (exact) mass is 302 g/mol. The molecule has 0 spiro atoms. The fraction of sp³-hybridized carbons (Fsp3) is 0.0667. The van der Waals surface area contributed by atoms with E-state index in [9.17, 15) is 14.0 Å². The highest BCUT2D eigenvalue weighted by Gasteiger charge is 2.09. The molecule has 0 saturated heterocycles. The van der Waals surface area contributed by atoms with Gasteiger partial charge in [0.05, 0.1) is 10.2 Å². The molecule has 2 aromatic carbocycles. The summed E-state index contributed by atoms with van der Waals surface area (Å²) in [6.07, 6.45) is 0. The molecule has 3 rings (SSSR count). The van der Waals surface area contributed by atoms with E-state index in [1.807, 2.05) is 0 Å². The molecule has 6 heteroatoms. The van der Waals surface area contributed by atoms with Gasteiger partial charge in [0.2, 0.25) is 0 Å². The molecule has 0 bridgehead atoms. The van der Waals surface area contributed by atoms with Crippen LogP contribution in [0.5, 0.6) is 0 Å². The summed E-state index contributed by atoms with van der Waals surface area (Å²) < 4.78 is 15.5. The molecule has 0 unspecified atom stereocenters. The van der Waals surface area contributed by atoms with Gasteiger partial charge in [-0.25, -0.2) is 4.39 Å². The van der Waals surface area contributed by atoms with Crippen molar-refractivity contribution in [1.29, 1.82) is 0 Å². The highest BCUT2D eigenvalue weighted by molar-refractivity contribution is 7.16. The topological polar surface area (TPSA) is 51.1 Å². The zero-order chi connectivity index (χ0) is 15.0. The number of amides is 1. The van der Waals surface area contributed by atoms with Crippen molar-refractivity contribution in [3.63, 3.8) is 0 Å². The molecule has 0 fully saturated rings. The minimum atomic E-state index is -0.459. The largest absolute Gasteiger partial charge is 0.322 e. The predicted molar refractivity (Wildman–Crippen MR) is 81.4 cm³/mol. The number of aryl methyl sites for hydroxylation is 1. The molecular weight excluding hydrogens is 291 g/mol. The van der Waals surface area contributed by atoms with Crippen LogP contribution in [0.4, 0.5) is 10.1 Å². The van der Waals surface area contributed by atoms with Crippen LogP contribution in [-0.4, -0.2) is 10.5 Å². The number of aromatic nitrogens is 1. The summed E-state index contributed by atoms with van der Waals surface area (Å²) in [5.74, 6) is -0.850. The van der Waals surface area contributed by atoms with Gasteiger partial charge in [-0.05, 0) is 36.4 Å². The average molecular weight is 302 g/mol. The van der Waals surface area contributed by atoms with Crippen molar-refractivity contribution in [3.8, 4) is 0 Å². The van der Waals surface area contributed by atoms with Crippen molar-refractivity contribution in [1.82, 2.24) is 4.57 Å². The summed E-state index contributed by atoms with van der Waals surface area (Å²) in [7, 11) is 1.70. The Hall–Kier alpha value is -2.47. The fourth-order valence-electron chi connectivity index (χ4n) is 2.04. The molecule has 1 amide bonds. The van der Waals surface area contributed by atoms with Gasteiger partial charge in [-0.2, -0.15) is 0 Å². The van der Waals surface area contributed by atoms with Gasteiger partial charge in [-0.3, -0.25) is 9.59 Å². The summed E-state index contributed by atoms with van der Waals surface area (Å²) in [5.41, 5.74) is 1.63. The lowest BCUT2D eigenvalue weighted by atomic mass is 10.2. The van der Waals surface area contributed by atoms with Gasteiger partial charge in [-0.15, -0.1) is 0 Å². The number of nitrogens with one attached hydrogen (secondary N) is 1. The van der Waals surface area contributed by atoms with Gasteiger partial charge in [-0.1, -0.05) is 17.4 Å². The Labute approximate surface area is 123 Å². The molecule has 0 aliphatic heterocycles. The third-order valence-electron chi connectivity index (χ3n) is 3.14. The molecule has 0 radical (unpaired) electrons. The third-order valence-corrected chi connectivity index (χ3v) is 4.13. The molecule has 4 nitrogen and oxygen atoms in total. The summed E-state index contributed by atoms with van der Waals surface area (Å²) in [6.45, 7) is 0. The third kappa shape index (κ3) is 2.57. The van der Waals surface area contributed by atoms with Crippen LogP contribution in [0.1, 0.15) is 10.4 Å². The van der Waals surface area contributed by atoms with E-state index in [4.69, 9.17) is 0 Å². The van der Waals surface area contributed by atoms with Crippen molar-refractivity contribution in [2.45, 2.75) is 0 Å². The summed E-state index contributed by atoms with van der Waals surface area (Å²) in [6, 6.07) is 10.7. The first-order chi connectivity index (χ1) is 10.0. The molecular formula is C15H11FN2O2S. The van der Waals surface area contributed by atoms with Crippen LogP contribution in [0.3, 0.4) is 0 Å². The average Bonchev–Trinajstić information content (AvgIpc) is 2.73. The SMILES string of the molecule is Cn1c(=O)sc2cc(NC(=O)c3cccc(F)c3)ccc21. The second-order valence-electron chi connectivity index (χ2n) is 4.57. The van der Waals surface area contributed by atoms with Gasteiger partial charge in [0.15, 0.2) is 0 Å². The Morgan fingerprint density at radius 2 is 2.05 bits per heavy atom. The highest BCUT2D eigenvalue weighted by Crippen LogP contribution is 2.21.